The minimum atomic E-state index is -4.77. The summed E-state index contributed by atoms with van der Waals surface area (Å²) in [5, 5.41) is 14.2. The molecule has 0 bridgehead atoms. The Morgan fingerprint density at radius 2 is 1.47 bits per heavy atom. The van der Waals surface area contributed by atoms with Crippen molar-refractivity contribution < 1.29 is 41.9 Å². The molecular weight excluding hydrogens is 432 g/mol. The number of hydrogen-bond donors (Lipinski definition) is 3. The monoisotopic (exact) mass is 452 g/mol. The first-order chi connectivity index (χ1) is 13.7. The van der Waals surface area contributed by atoms with Crippen LogP contribution in [0.15, 0.2) is 42.5 Å². The topological polar surface area (TPSA) is 131 Å². The van der Waals surface area contributed by atoms with Gasteiger partial charge in [-0.3, -0.25) is 14.7 Å². The van der Waals surface area contributed by atoms with Gasteiger partial charge in [0.05, 0.1) is 4.92 Å². The van der Waals surface area contributed by atoms with Gasteiger partial charge in [-0.25, -0.2) is 0 Å². The van der Waals surface area contributed by atoms with E-state index in [1.165, 1.54) is 30.3 Å². The molecule has 0 spiro atoms. The number of halogens is 3. The summed E-state index contributed by atoms with van der Waals surface area (Å²) in [7, 11) is -3.13. The zero-order chi connectivity index (χ0) is 23.1. The summed E-state index contributed by atoms with van der Waals surface area (Å²) in [6.07, 6.45) is -4.77. The third kappa shape index (κ3) is 10.1. The summed E-state index contributed by atoms with van der Waals surface area (Å²) in [6.45, 7) is 5.55. The second-order valence-corrected chi connectivity index (χ2v) is 7.28. The van der Waals surface area contributed by atoms with E-state index in [2.05, 4.69) is 10.1 Å². The maximum atomic E-state index is 12.2. The molecule has 0 aliphatic heterocycles. The van der Waals surface area contributed by atoms with Crippen LogP contribution in [0.5, 0.6) is 17.2 Å². The van der Waals surface area contributed by atoms with Gasteiger partial charge >= 0.3 is 14.6 Å². The predicted molar refractivity (Wildman–Crippen MR) is 103 cm³/mol. The van der Waals surface area contributed by atoms with Crippen molar-refractivity contribution in [2.45, 2.75) is 32.7 Å². The predicted octanol–water partition coefficient (Wildman–Crippen LogP) is 4.86. The Morgan fingerprint density at radius 1 is 1.00 bits per heavy atom. The van der Waals surface area contributed by atoms with Crippen molar-refractivity contribution >= 4 is 19.6 Å². The molecule has 9 nitrogen and oxygen atoms in total. The van der Waals surface area contributed by atoms with Gasteiger partial charge in [-0.05, 0) is 51.1 Å². The SMILES string of the molecule is CC(C)(C)Nc1cc(Oc2ccc(OC(F)(F)F)cc2)ccc1[N+](=O)[O-].O=[PH](O)O. The van der Waals surface area contributed by atoms with E-state index in [0.717, 1.165) is 12.1 Å². The molecule has 0 amide bonds. The highest BCUT2D eigenvalue weighted by Gasteiger charge is 2.31. The van der Waals surface area contributed by atoms with Crippen molar-refractivity contribution in [2.24, 2.45) is 0 Å². The molecule has 2 rings (SSSR count). The first-order valence-corrected chi connectivity index (χ1v) is 9.49. The van der Waals surface area contributed by atoms with Crippen LogP contribution in [0.2, 0.25) is 0 Å². The maximum Gasteiger partial charge on any atom is 0.573 e. The quantitative estimate of drug-likeness (QED) is 0.333. The number of nitrogens with one attached hydrogen (secondary N) is 1. The Bertz CT molecular complexity index is 880. The Kier molecular flexibility index (Phi) is 8.64. The molecule has 0 aromatic heterocycles. The van der Waals surface area contributed by atoms with E-state index < -0.39 is 25.1 Å². The Balaban J connectivity index is 0.00000103. The van der Waals surface area contributed by atoms with Crippen LogP contribution >= 0.6 is 8.25 Å². The normalized spacial score (nSPS) is 11.4. The second kappa shape index (κ2) is 10.3. The summed E-state index contributed by atoms with van der Waals surface area (Å²) in [6, 6.07) is 9.00. The minimum Gasteiger partial charge on any atom is -0.457 e. The number of rotatable bonds is 5. The van der Waals surface area contributed by atoms with E-state index >= 15 is 0 Å². The van der Waals surface area contributed by atoms with Gasteiger partial charge in [0.1, 0.15) is 22.9 Å². The summed E-state index contributed by atoms with van der Waals surface area (Å²) in [4.78, 5) is 24.9. The number of nitrogens with zero attached hydrogens (tertiary/aromatic N) is 1. The number of nitro benzene ring substituents is 1. The van der Waals surface area contributed by atoms with Gasteiger partial charge in [0, 0.05) is 17.7 Å². The van der Waals surface area contributed by atoms with Crippen molar-refractivity contribution in [3.63, 3.8) is 0 Å². The van der Waals surface area contributed by atoms with Gasteiger partial charge < -0.3 is 24.6 Å². The number of alkyl halides is 3. The smallest absolute Gasteiger partial charge is 0.457 e. The first kappa shape index (κ1) is 25.2. The Morgan fingerprint density at radius 3 is 1.90 bits per heavy atom. The molecule has 2 aromatic rings. The number of anilines is 1. The van der Waals surface area contributed by atoms with Gasteiger partial charge in [-0.1, -0.05) is 0 Å². The van der Waals surface area contributed by atoms with Crippen LogP contribution in [0.4, 0.5) is 24.5 Å². The van der Waals surface area contributed by atoms with E-state index in [0.29, 0.717) is 5.75 Å². The number of nitro groups is 1. The summed E-state index contributed by atoms with van der Waals surface area (Å²) in [5.74, 6) is 0.186. The lowest BCUT2D eigenvalue weighted by Gasteiger charge is -2.22. The average Bonchev–Trinajstić information content (AvgIpc) is 2.53. The lowest BCUT2D eigenvalue weighted by molar-refractivity contribution is -0.384. The highest BCUT2D eigenvalue weighted by atomic mass is 31.1. The lowest BCUT2D eigenvalue weighted by atomic mass is 10.1. The van der Waals surface area contributed by atoms with E-state index in [-0.39, 0.29) is 22.9 Å². The Labute approximate surface area is 170 Å². The highest BCUT2D eigenvalue weighted by molar-refractivity contribution is 7.30. The molecular formula is C17H20F3N2O7P. The molecule has 0 aliphatic carbocycles. The zero-order valence-electron chi connectivity index (χ0n) is 16.1. The van der Waals surface area contributed by atoms with Crippen LogP contribution in [0, 0.1) is 10.1 Å². The van der Waals surface area contributed by atoms with Crippen LogP contribution in [-0.2, 0) is 4.57 Å². The van der Waals surface area contributed by atoms with Crippen molar-refractivity contribution in [2.75, 3.05) is 5.32 Å². The fraction of sp³-hybridized carbons (Fsp3) is 0.294. The number of benzene rings is 2. The molecule has 166 valence electrons. The fourth-order valence-corrected chi connectivity index (χ4v) is 2.09. The molecule has 3 N–H and O–H groups in total. The van der Waals surface area contributed by atoms with Gasteiger partial charge in [-0.2, -0.15) is 0 Å². The standard InChI is InChI=1S/C17H17F3N2O4.H3O3P/c1-16(2,3)21-14-10-13(8-9-15(14)22(23)24)25-11-4-6-12(7-5-11)26-17(18,19)20;1-4(2)3/h4-10,21H,1-3H3;4H,(H2,1,2,3). The van der Waals surface area contributed by atoms with Crippen LogP contribution in [0.25, 0.3) is 0 Å². The number of hydrogen-bond acceptors (Lipinski definition) is 6. The molecule has 2 aromatic carbocycles. The number of ether oxygens (including phenoxy) is 2. The van der Waals surface area contributed by atoms with Crippen molar-refractivity contribution in [1.29, 1.82) is 0 Å². The van der Waals surface area contributed by atoms with Gasteiger partial charge in [-0.15, -0.1) is 13.2 Å². The third-order valence-electron chi connectivity index (χ3n) is 2.97. The van der Waals surface area contributed by atoms with Crippen LogP contribution in [-0.4, -0.2) is 26.6 Å². The van der Waals surface area contributed by atoms with Crippen molar-refractivity contribution in [3.8, 4) is 17.2 Å². The zero-order valence-corrected chi connectivity index (χ0v) is 17.1. The van der Waals surface area contributed by atoms with Crippen molar-refractivity contribution in [3.05, 3.63) is 52.6 Å². The lowest BCUT2D eigenvalue weighted by Crippen LogP contribution is -2.26. The minimum absolute atomic E-state index is 0.110. The molecule has 0 saturated carbocycles. The summed E-state index contributed by atoms with van der Waals surface area (Å²) in [5.41, 5.74) is -0.252. The molecule has 0 saturated heterocycles. The molecule has 0 radical (unpaired) electrons. The molecule has 0 aliphatic rings. The van der Waals surface area contributed by atoms with Crippen molar-refractivity contribution in [1.82, 2.24) is 0 Å². The Hall–Kier alpha value is -2.82. The third-order valence-corrected chi connectivity index (χ3v) is 2.97. The highest BCUT2D eigenvalue weighted by Crippen LogP contribution is 2.34. The van der Waals surface area contributed by atoms with E-state index in [1.807, 2.05) is 20.8 Å². The fourth-order valence-electron chi connectivity index (χ4n) is 2.09. The van der Waals surface area contributed by atoms with Crippen LogP contribution < -0.4 is 14.8 Å². The molecule has 0 unspecified atom stereocenters. The first-order valence-electron chi connectivity index (χ1n) is 8.18. The molecule has 0 fully saturated rings. The van der Waals surface area contributed by atoms with E-state index in [1.54, 1.807) is 0 Å². The average molecular weight is 452 g/mol. The summed E-state index contributed by atoms with van der Waals surface area (Å²) < 4.78 is 54.5. The summed E-state index contributed by atoms with van der Waals surface area (Å²) >= 11 is 0. The van der Waals surface area contributed by atoms with Gasteiger partial charge in [0.15, 0.2) is 0 Å². The molecule has 30 heavy (non-hydrogen) atoms. The maximum absolute atomic E-state index is 12.2. The van der Waals surface area contributed by atoms with Gasteiger partial charge in [0.25, 0.3) is 5.69 Å². The molecule has 0 atom stereocenters. The largest absolute Gasteiger partial charge is 0.573 e. The van der Waals surface area contributed by atoms with E-state index in [4.69, 9.17) is 19.1 Å². The second-order valence-electron chi connectivity index (χ2n) is 6.71. The van der Waals surface area contributed by atoms with Gasteiger partial charge in [0.2, 0.25) is 0 Å². The molecule has 0 heterocycles. The van der Waals surface area contributed by atoms with E-state index in [9.17, 15) is 23.3 Å². The van der Waals surface area contributed by atoms with Crippen LogP contribution in [0.1, 0.15) is 20.8 Å². The molecule has 13 heteroatoms. The van der Waals surface area contributed by atoms with Crippen LogP contribution in [0.3, 0.4) is 0 Å².